The van der Waals surface area contributed by atoms with Crippen molar-refractivity contribution in [1.82, 2.24) is 5.32 Å². The number of nitrogens with one attached hydrogen (secondary N) is 1. The molecule has 38 heavy (non-hydrogen) atoms. The predicted octanol–water partition coefficient (Wildman–Crippen LogP) is 8.19. The largest absolute Gasteiger partial charge is 0.507 e. The number of aromatic hydroxyl groups is 1. The fourth-order valence-electron chi connectivity index (χ4n) is 10.4. The summed E-state index contributed by atoms with van der Waals surface area (Å²) in [6.07, 6.45) is 16.0. The molecule has 4 fully saturated rings. The van der Waals surface area contributed by atoms with Gasteiger partial charge in [0.05, 0.1) is 5.56 Å². The molecule has 0 heterocycles. The molecule has 212 valence electrons. The van der Waals surface area contributed by atoms with Crippen LogP contribution in [0.4, 0.5) is 5.69 Å². The highest BCUT2D eigenvalue weighted by Crippen LogP contribution is 2.68. The van der Waals surface area contributed by atoms with Crippen molar-refractivity contribution in [2.75, 3.05) is 5.73 Å². The van der Waals surface area contributed by atoms with Crippen LogP contribution in [0.5, 0.6) is 5.75 Å². The lowest BCUT2D eigenvalue weighted by molar-refractivity contribution is -0.117. The van der Waals surface area contributed by atoms with Gasteiger partial charge >= 0.3 is 0 Å². The van der Waals surface area contributed by atoms with Crippen LogP contribution < -0.4 is 11.1 Å². The Labute approximate surface area is 231 Å². The van der Waals surface area contributed by atoms with Gasteiger partial charge in [0.2, 0.25) is 0 Å². The number of nitrogen functional groups attached to an aromatic ring is 1. The molecule has 4 aliphatic rings. The van der Waals surface area contributed by atoms with Crippen LogP contribution >= 0.6 is 0 Å². The maximum absolute atomic E-state index is 13.0. The Morgan fingerprint density at radius 1 is 1.00 bits per heavy atom. The van der Waals surface area contributed by atoms with Gasteiger partial charge in [-0.1, -0.05) is 53.9 Å². The first-order valence-corrected chi connectivity index (χ1v) is 15.9. The smallest absolute Gasteiger partial charge is 0.255 e. The molecular weight excluding hydrogens is 468 g/mol. The number of phenolic OH excluding ortho intramolecular Hbond substituents is 1. The number of anilines is 1. The fourth-order valence-corrected chi connectivity index (χ4v) is 10.4. The third kappa shape index (κ3) is 4.99. The standard InChI is InChI=1S/C34H54N2O2/c1-21(2)7-6-8-22(3)28-12-13-29-26-11-9-23-19-25(36-32(38)27-20-24(35)10-14-31(27)37)15-17-33(23,4)30(26)16-18-34(28,29)5/h10,14,20-23,25-26,28-30,37H,6-9,11-13,15-19,35H2,1-5H3,(H,36,38)/t22-,23+,25+,26+,28-,29+,30+,33+,34-/m1/s1. The van der Waals surface area contributed by atoms with Crippen LogP contribution in [0.15, 0.2) is 18.2 Å². The minimum Gasteiger partial charge on any atom is -0.507 e. The van der Waals surface area contributed by atoms with E-state index in [0.717, 1.165) is 48.3 Å². The molecule has 9 atom stereocenters. The monoisotopic (exact) mass is 522 g/mol. The maximum Gasteiger partial charge on any atom is 0.255 e. The molecule has 4 N–H and O–H groups in total. The number of carbonyl (C=O) groups excluding carboxylic acids is 1. The van der Waals surface area contributed by atoms with E-state index >= 15 is 0 Å². The van der Waals surface area contributed by atoms with Crippen molar-refractivity contribution in [1.29, 1.82) is 0 Å². The van der Waals surface area contributed by atoms with Crippen LogP contribution in [-0.4, -0.2) is 17.1 Å². The number of rotatable bonds is 7. The zero-order valence-corrected chi connectivity index (χ0v) is 24.8. The molecule has 1 aromatic carbocycles. The second-order valence-electron chi connectivity index (χ2n) is 14.9. The van der Waals surface area contributed by atoms with Crippen molar-refractivity contribution < 1.29 is 9.90 Å². The molecule has 4 nitrogen and oxygen atoms in total. The molecule has 0 radical (unpaired) electrons. The van der Waals surface area contributed by atoms with E-state index in [0.29, 0.717) is 28.0 Å². The van der Waals surface area contributed by atoms with Crippen molar-refractivity contribution in [3.05, 3.63) is 23.8 Å². The van der Waals surface area contributed by atoms with Crippen LogP contribution in [0.1, 0.15) is 122 Å². The first-order chi connectivity index (χ1) is 18.0. The lowest BCUT2D eigenvalue weighted by Gasteiger charge is -2.61. The zero-order valence-electron chi connectivity index (χ0n) is 24.8. The molecule has 1 amide bonds. The minimum absolute atomic E-state index is 0.00668. The molecule has 0 aromatic heterocycles. The predicted molar refractivity (Wildman–Crippen MR) is 157 cm³/mol. The van der Waals surface area contributed by atoms with Crippen LogP contribution in [-0.2, 0) is 0 Å². The van der Waals surface area contributed by atoms with Crippen LogP contribution in [0.3, 0.4) is 0 Å². The number of amides is 1. The molecular formula is C34H54N2O2. The normalized spacial score (nSPS) is 39.2. The molecule has 0 spiro atoms. The number of carbonyl (C=O) groups is 1. The Morgan fingerprint density at radius 3 is 2.50 bits per heavy atom. The van der Waals surface area contributed by atoms with Gasteiger partial charge in [0, 0.05) is 11.7 Å². The van der Waals surface area contributed by atoms with Gasteiger partial charge in [-0.3, -0.25) is 4.79 Å². The third-order valence-corrected chi connectivity index (χ3v) is 12.5. The fraction of sp³-hybridized carbons (Fsp3) is 0.794. The number of fused-ring (bicyclic) bond motifs is 5. The Bertz CT molecular complexity index is 1010. The van der Waals surface area contributed by atoms with E-state index in [4.69, 9.17) is 5.73 Å². The van der Waals surface area contributed by atoms with Gasteiger partial charge in [-0.2, -0.15) is 0 Å². The molecule has 0 unspecified atom stereocenters. The summed E-state index contributed by atoms with van der Waals surface area (Å²) in [5.74, 6) is 5.79. The zero-order chi connectivity index (χ0) is 27.2. The van der Waals surface area contributed by atoms with Crippen LogP contribution in [0, 0.1) is 52.3 Å². The van der Waals surface area contributed by atoms with Crippen molar-refractivity contribution >= 4 is 11.6 Å². The number of hydrogen-bond donors (Lipinski definition) is 3. The average molecular weight is 523 g/mol. The lowest BCUT2D eigenvalue weighted by atomic mass is 9.44. The quantitative estimate of drug-likeness (QED) is 0.249. The Balaban J connectivity index is 1.23. The van der Waals surface area contributed by atoms with Gasteiger partial charge in [0.15, 0.2) is 0 Å². The first-order valence-electron chi connectivity index (χ1n) is 15.9. The summed E-state index contributed by atoms with van der Waals surface area (Å²) in [6.45, 7) is 12.6. The Morgan fingerprint density at radius 2 is 1.74 bits per heavy atom. The lowest BCUT2D eigenvalue weighted by Crippen LogP contribution is -2.55. The highest BCUT2D eigenvalue weighted by atomic mass is 16.3. The molecule has 5 rings (SSSR count). The Kier molecular flexibility index (Phi) is 7.84. The van der Waals surface area contributed by atoms with Gasteiger partial charge in [-0.05, 0) is 128 Å². The summed E-state index contributed by atoms with van der Waals surface area (Å²) in [4.78, 5) is 13.0. The number of benzene rings is 1. The van der Waals surface area contributed by atoms with E-state index in [1.165, 1.54) is 70.3 Å². The second kappa shape index (κ2) is 10.7. The van der Waals surface area contributed by atoms with Gasteiger partial charge in [0.1, 0.15) is 5.75 Å². The Hall–Kier alpha value is -1.71. The SMILES string of the molecule is CC(C)CCC[C@@H](C)[C@H]1CC[C@H]2[C@@H]3CC[C@H]4C[C@@H](NC(=O)c5cc(N)ccc5O)CC[C@]4(C)[C@H]3CC[C@]12C. The topological polar surface area (TPSA) is 75.4 Å². The van der Waals surface area contributed by atoms with Crippen molar-refractivity contribution in [2.45, 2.75) is 118 Å². The molecule has 1 aromatic rings. The van der Waals surface area contributed by atoms with Gasteiger partial charge < -0.3 is 16.2 Å². The second-order valence-corrected chi connectivity index (χ2v) is 14.9. The summed E-state index contributed by atoms with van der Waals surface area (Å²) in [5.41, 5.74) is 7.63. The van der Waals surface area contributed by atoms with Gasteiger partial charge in [0.25, 0.3) is 5.91 Å². The summed E-state index contributed by atoms with van der Waals surface area (Å²) in [6, 6.07) is 4.92. The summed E-state index contributed by atoms with van der Waals surface area (Å²) in [7, 11) is 0. The molecule has 0 bridgehead atoms. The van der Waals surface area contributed by atoms with E-state index in [9.17, 15) is 9.90 Å². The summed E-state index contributed by atoms with van der Waals surface area (Å²) in [5, 5.41) is 13.4. The third-order valence-electron chi connectivity index (χ3n) is 12.5. The van der Waals surface area contributed by atoms with Crippen molar-refractivity contribution in [2.24, 2.45) is 52.3 Å². The molecule has 4 aliphatic carbocycles. The van der Waals surface area contributed by atoms with E-state index in [-0.39, 0.29) is 17.7 Å². The average Bonchev–Trinajstić information content (AvgIpc) is 3.22. The maximum atomic E-state index is 13.0. The van der Waals surface area contributed by atoms with Gasteiger partial charge in [-0.25, -0.2) is 0 Å². The van der Waals surface area contributed by atoms with Gasteiger partial charge in [-0.15, -0.1) is 0 Å². The van der Waals surface area contributed by atoms with Crippen LogP contribution in [0.2, 0.25) is 0 Å². The highest BCUT2D eigenvalue weighted by molar-refractivity contribution is 5.97. The van der Waals surface area contributed by atoms with E-state index in [1.54, 1.807) is 12.1 Å². The molecule has 4 heteroatoms. The first kappa shape index (κ1) is 27.8. The summed E-state index contributed by atoms with van der Waals surface area (Å²) < 4.78 is 0. The number of hydrogen-bond acceptors (Lipinski definition) is 3. The van der Waals surface area contributed by atoms with E-state index < -0.39 is 0 Å². The van der Waals surface area contributed by atoms with Crippen molar-refractivity contribution in [3.63, 3.8) is 0 Å². The van der Waals surface area contributed by atoms with Crippen molar-refractivity contribution in [3.8, 4) is 5.75 Å². The van der Waals surface area contributed by atoms with E-state index in [1.807, 2.05) is 0 Å². The minimum atomic E-state index is -0.190. The highest BCUT2D eigenvalue weighted by Gasteiger charge is 2.60. The molecule has 0 aliphatic heterocycles. The van der Waals surface area contributed by atoms with Crippen LogP contribution in [0.25, 0.3) is 0 Å². The van der Waals surface area contributed by atoms with E-state index in [2.05, 4.69) is 39.9 Å². The number of nitrogens with two attached hydrogens (primary N) is 1. The molecule has 4 saturated carbocycles. The molecule has 0 saturated heterocycles. The number of phenols is 1. The summed E-state index contributed by atoms with van der Waals surface area (Å²) >= 11 is 0.